The van der Waals surface area contributed by atoms with Crippen LogP contribution in [0.25, 0.3) is 0 Å². The summed E-state index contributed by atoms with van der Waals surface area (Å²) in [7, 11) is -3.50. The minimum Gasteiger partial charge on any atom is -0.480 e. The zero-order chi connectivity index (χ0) is 35.7. The molecule has 0 aliphatic carbocycles. The maximum Gasteiger partial charge on any atom is 0.510 e. The first-order valence-corrected chi connectivity index (χ1v) is 17.2. The molecule has 0 aliphatic heterocycles. The molecule has 0 saturated carbocycles. The number of carbonyl (C=O) groups excluding carboxylic acids is 2. The number of benzene rings is 2. The van der Waals surface area contributed by atoms with Crippen LogP contribution < -0.4 is 5.73 Å². The predicted molar refractivity (Wildman–Crippen MR) is 178 cm³/mol. The van der Waals surface area contributed by atoms with Crippen LogP contribution in [0.2, 0.25) is 0 Å². The van der Waals surface area contributed by atoms with Gasteiger partial charge in [-0.3, -0.25) is 0 Å². The van der Waals surface area contributed by atoms with E-state index in [1.54, 1.807) is 27.7 Å². The Morgan fingerprint density at radius 2 is 1.17 bits per heavy atom. The van der Waals surface area contributed by atoms with Gasteiger partial charge in [-0.15, -0.1) is 4.76 Å². The summed E-state index contributed by atoms with van der Waals surface area (Å²) in [5, 5.41) is 9.41. The zero-order valence-corrected chi connectivity index (χ0v) is 29.2. The van der Waals surface area contributed by atoms with E-state index in [2.05, 4.69) is 4.76 Å². The Kier molecular flexibility index (Phi) is 16.9. The molecule has 0 amide bonds. The Morgan fingerprint density at radius 3 is 1.52 bits per heavy atom. The average molecular weight is 694 g/mol. The number of aryl methyl sites for hydroxylation is 2. The van der Waals surface area contributed by atoms with Crippen molar-refractivity contribution in [3.8, 4) is 0 Å². The third-order valence-corrected chi connectivity index (χ3v) is 8.26. The number of carbonyl (C=O) groups is 3. The number of aliphatic carboxylic acids is 1. The fourth-order valence-corrected chi connectivity index (χ4v) is 5.50. The standard InChI is InChI=1S/C33H48N3O11P/c1-23(2)29(44-32(39)42-21-13-19-26-15-9-7-10-16-26)46-48(41,35-31(34)36(6)25(5)28(37)38)47-30(24(3)4)45-33(40)43-22-14-20-27-17-11-8-12-18-27/h7-12,15-18,23-25,29-30H,13-14,19-22H2,1-6H3,(H,37,38)(H2,34,35,41). The van der Waals surface area contributed by atoms with Crippen molar-refractivity contribution in [1.82, 2.24) is 4.90 Å². The van der Waals surface area contributed by atoms with E-state index in [9.17, 15) is 24.1 Å². The van der Waals surface area contributed by atoms with Gasteiger partial charge >= 0.3 is 26.0 Å². The summed E-state index contributed by atoms with van der Waals surface area (Å²) < 4.78 is 50.4. The molecular weight excluding hydrogens is 645 g/mol. The van der Waals surface area contributed by atoms with Gasteiger partial charge in [-0.2, -0.15) is 0 Å². The van der Waals surface area contributed by atoms with E-state index in [1.165, 1.54) is 14.0 Å². The van der Waals surface area contributed by atoms with Crippen LogP contribution in [-0.2, 0) is 50.2 Å². The first-order chi connectivity index (χ1) is 22.7. The van der Waals surface area contributed by atoms with Gasteiger partial charge in [-0.05, 0) is 43.7 Å². The number of nitrogens with two attached hydrogens (primary N) is 1. The van der Waals surface area contributed by atoms with Crippen molar-refractivity contribution in [3.05, 3.63) is 71.8 Å². The number of carboxylic acid groups (broad SMARTS) is 1. The van der Waals surface area contributed by atoms with Crippen molar-refractivity contribution in [2.24, 2.45) is 22.3 Å². The molecule has 0 heterocycles. The topological polar surface area (TPSA) is 186 Å². The first kappa shape index (κ1) is 40.0. The maximum absolute atomic E-state index is 14.2. The highest BCUT2D eigenvalue weighted by Crippen LogP contribution is 2.54. The highest BCUT2D eigenvalue weighted by atomic mass is 31.2. The highest BCUT2D eigenvalue weighted by Gasteiger charge is 2.39. The number of likely N-dealkylation sites (N-methyl/N-ethyl adjacent to an activating group) is 1. The number of hydrogen-bond acceptors (Lipinski definition) is 10. The number of guanidine groups is 1. The third-order valence-electron chi connectivity index (χ3n) is 6.86. The lowest BCUT2D eigenvalue weighted by atomic mass is 10.1. The van der Waals surface area contributed by atoms with Crippen LogP contribution in [0.4, 0.5) is 9.59 Å². The normalized spacial score (nSPS) is 14.8. The molecule has 0 bridgehead atoms. The average Bonchev–Trinajstić information content (AvgIpc) is 3.04. The molecule has 48 heavy (non-hydrogen) atoms. The van der Waals surface area contributed by atoms with Gasteiger partial charge in [0.25, 0.3) is 0 Å². The summed E-state index contributed by atoms with van der Waals surface area (Å²) in [6.07, 6.45) is -2.82. The Labute approximate surface area is 282 Å². The van der Waals surface area contributed by atoms with Gasteiger partial charge in [0.05, 0.1) is 13.2 Å². The van der Waals surface area contributed by atoms with Gasteiger partial charge in [-0.25, -0.2) is 28.0 Å². The Bertz CT molecular complexity index is 1280. The molecule has 266 valence electrons. The van der Waals surface area contributed by atoms with Crippen molar-refractivity contribution in [2.75, 3.05) is 20.3 Å². The highest BCUT2D eigenvalue weighted by molar-refractivity contribution is 7.52. The lowest BCUT2D eigenvalue weighted by Gasteiger charge is -2.29. The largest absolute Gasteiger partial charge is 0.510 e. The number of carboxylic acids is 1. The molecule has 0 spiro atoms. The monoisotopic (exact) mass is 693 g/mol. The Morgan fingerprint density at radius 1 is 0.771 bits per heavy atom. The third kappa shape index (κ3) is 14.7. The van der Waals surface area contributed by atoms with E-state index in [-0.39, 0.29) is 13.2 Å². The minimum absolute atomic E-state index is 0.0480. The van der Waals surface area contributed by atoms with Crippen molar-refractivity contribution < 1.29 is 52.1 Å². The summed E-state index contributed by atoms with van der Waals surface area (Å²) in [5.74, 6) is -2.95. The van der Waals surface area contributed by atoms with Crippen molar-refractivity contribution in [2.45, 2.75) is 78.9 Å². The molecular formula is C33H48N3O11P. The molecule has 2 aromatic rings. The lowest BCUT2D eigenvalue weighted by molar-refractivity contribution is -0.141. The van der Waals surface area contributed by atoms with Crippen molar-refractivity contribution in [1.29, 1.82) is 0 Å². The van der Waals surface area contributed by atoms with E-state index < -0.39 is 62.4 Å². The molecule has 0 fully saturated rings. The molecule has 2 rings (SSSR count). The van der Waals surface area contributed by atoms with E-state index in [4.69, 9.17) is 33.7 Å². The van der Waals surface area contributed by atoms with Gasteiger partial charge in [0.1, 0.15) is 6.04 Å². The van der Waals surface area contributed by atoms with Crippen molar-refractivity contribution >= 4 is 32.0 Å². The molecule has 2 aromatic carbocycles. The predicted octanol–water partition coefficient (Wildman–Crippen LogP) is 6.38. The Balaban J connectivity index is 2.15. The van der Waals surface area contributed by atoms with E-state index in [0.29, 0.717) is 25.7 Å². The van der Waals surface area contributed by atoms with E-state index in [1.807, 2.05) is 60.7 Å². The zero-order valence-electron chi connectivity index (χ0n) is 28.4. The molecule has 15 heteroatoms. The second-order valence-corrected chi connectivity index (χ2v) is 13.2. The second-order valence-electron chi connectivity index (χ2n) is 11.6. The van der Waals surface area contributed by atoms with Crippen molar-refractivity contribution in [3.63, 3.8) is 0 Å². The molecule has 3 N–H and O–H groups in total. The number of rotatable bonds is 19. The Hall–Kier alpha value is -4.13. The van der Waals surface area contributed by atoms with Crippen LogP contribution >= 0.6 is 7.75 Å². The molecule has 3 atom stereocenters. The smallest absolute Gasteiger partial charge is 0.480 e. The summed E-state index contributed by atoms with van der Waals surface area (Å²) in [6, 6.07) is 18.1. The van der Waals surface area contributed by atoms with Crippen LogP contribution in [-0.4, -0.2) is 73.1 Å². The fourth-order valence-electron chi connectivity index (χ4n) is 3.86. The molecule has 14 nitrogen and oxygen atoms in total. The van der Waals surface area contributed by atoms with E-state index >= 15 is 0 Å². The summed E-state index contributed by atoms with van der Waals surface area (Å²) in [5.41, 5.74) is 8.17. The van der Waals surface area contributed by atoms with Crippen LogP contribution in [0.3, 0.4) is 0 Å². The summed E-state index contributed by atoms with van der Waals surface area (Å²) in [4.78, 5) is 37.7. The van der Waals surface area contributed by atoms with Gasteiger partial charge in [-0.1, -0.05) is 88.4 Å². The van der Waals surface area contributed by atoms with Crippen LogP contribution in [0.1, 0.15) is 58.6 Å². The second kappa shape index (κ2) is 20.3. The van der Waals surface area contributed by atoms with Crippen LogP contribution in [0.15, 0.2) is 65.4 Å². The van der Waals surface area contributed by atoms with Gasteiger partial charge in [0, 0.05) is 18.9 Å². The molecule has 0 aliphatic rings. The first-order valence-electron chi connectivity index (χ1n) is 15.7. The van der Waals surface area contributed by atoms with Gasteiger partial charge in [0.15, 0.2) is 0 Å². The minimum atomic E-state index is -4.81. The number of nitrogens with zero attached hydrogens (tertiary/aromatic N) is 2. The van der Waals surface area contributed by atoms with Gasteiger partial charge < -0.3 is 34.7 Å². The molecule has 3 unspecified atom stereocenters. The summed E-state index contributed by atoms with van der Waals surface area (Å²) in [6.45, 7) is 7.90. The lowest BCUT2D eigenvalue weighted by Crippen LogP contribution is -2.44. The van der Waals surface area contributed by atoms with Gasteiger partial charge in [0.2, 0.25) is 18.5 Å². The maximum atomic E-state index is 14.2. The number of hydrogen-bond donors (Lipinski definition) is 2. The van der Waals surface area contributed by atoms with Crippen LogP contribution in [0.5, 0.6) is 0 Å². The van der Waals surface area contributed by atoms with E-state index in [0.717, 1.165) is 16.0 Å². The molecule has 0 saturated heterocycles. The fraction of sp³-hybridized carbons (Fsp3) is 0.515. The van der Waals surface area contributed by atoms with Crippen LogP contribution in [0, 0.1) is 11.8 Å². The molecule has 0 aromatic heterocycles. The summed E-state index contributed by atoms with van der Waals surface area (Å²) >= 11 is 0. The number of ether oxygens (including phenoxy) is 4. The SMILES string of the molecule is CC(C)C(OC(=O)OCCCc1ccccc1)OP(=O)(N=C(N)N(C)C(C)C(=O)O)OC(OC(=O)OCCCc1ccccc1)C(C)C. The molecule has 0 radical (unpaired) electrons. The quantitative estimate of drug-likeness (QED) is 0.0412.